The summed E-state index contributed by atoms with van der Waals surface area (Å²) in [5, 5.41) is 0.912. The van der Waals surface area contributed by atoms with E-state index in [-0.39, 0.29) is 0 Å². The Morgan fingerprint density at radius 3 is 2.41 bits per heavy atom. The average molecular weight is 242 g/mol. The Labute approximate surface area is 101 Å². The van der Waals surface area contributed by atoms with Crippen molar-refractivity contribution in [2.45, 2.75) is 9.79 Å². The zero-order valence-electron chi connectivity index (χ0n) is 9.00. The Morgan fingerprint density at radius 2 is 1.59 bits per heavy atom. The van der Waals surface area contributed by atoms with E-state index in [0.29, 0.717) is 0 Å². The fraction of sp³-hybridized carbons (Fsp3) is 0. The van der Waals surface area contributed by atoms with E-state index in [1.54, 1.807) is 6.26 Å². The second kappa shape index (κ2) is 4.18. The van der Waals surface area contributed by atoms with Crippen LogP contribution in [-0.4, -0.2) is 4.21 Å². The van der Waals surface area contributed by atoms with Crippen LogP contribution in [0.1, 0.15) is 0 Å². The minimum Gasteiger partial charge on any atom is -0.463 e. The lowest BCUT2D eigenvalue weighted by atomic mass is 10.3. The summed E-state index contributed by atoms with van der Waals surface area (Å²) in [6.45, 7) is 0. The van der Waals surface area contributed by atoms with Crippen molar-refractivity contribution in [3.05, 3.63) is 60.9 Å². The van der Waals surface area contributed by atoms with E-state index in [9.17, 15) is 4.21 Å². The van der Waals surface area contributed by atoms with Gasteiger partial charge >= 0.3 is 0 Å². The normalized spacial score (nSPS) is 12.7. The Balaban J connectivity index is 2.14. The van der Waals surface area contributed by atoms with Crippen LogP contribution in [0.2, 0.25) is 0 Å². The topological polar surface area (TPSA) is 30.2 Å². The van der Waals surface area contributed by atoms with E-state index >= 15 is 0 Å². The molecule has 0 aliphatic carbocycles. The van der Waals surface area contributed by atoms with Crippen molar-refractivity contribution in [2.24, 2.45) is 0 Å². The monoisotopic (exact) mass is 242 g/mol. The van der Waals surface area contributed by atoms with Crippen molar-refractivity contribution in [1.82, 2.24) is 0 Å². The van der Waals surface area contributed by atoms with Crippen LogP contribution < -0.4 is 0 Å². The van der Waals surface area contributed by atoms with Crippen molar-refractivity contribution in [3.8, 4) is 0 Å². The van der Waals surface area contributed by atoms with Gasteiger partial charge in [-0.2, -0.15) is 0 Å². The molecule has 0 spiro atoms. The number of rotatable bonds is 2. The van der Waals surface area contributed by atoms with E-state index in [2.05, 4.69) is 0 Å². The van der Waals surface area contributed by atoms with Crippen LogP contribution in [0.3, 0.4) is 0 Å². The average Bonchev–Trinajstić information content (AvgIpc) is 2.83. The molecule has 2 aromatic carbocycles. The smallest absolute Gasteiger partial charge is 0.135 e. The van der Waals surface area contributed by atoms with Gasteiger partial charge in [-0.25, -0.2) is 4.21 Å². The van der Waals surface area contributed by atoms with Gasteiger partial charge in [0.1, 0.15) is 11.8 Å². The molecule has 1 unspecified atom stereocenters. The summed E-state index contributed by atoms with van der Waals surface area (Å²) >= 11 is 0. The van der Waals surface area contributed by atoms with Crippen LogP contribution in [0.5, 0.6) is 0 Å². The van der Waals surface area contributed by atoms with Crippen LogP contribution in [0.15, 0.2) is 75.1 Å². The predicted molar refractivity (Wildman–Crippen MR) is 67.3 cm³/mol. The summed E-state index contributed by atoms with van der Waals surface area (Å²) in [5.41, 5.74) is 0.770. The molecule has 0 N–H and O–H groups in total. The standard InChI is InChI=1S/C14H10O2S/c15-17(11-6-2-1-3-7-11)14-10-16-13-9-5-4-8-12(13)14/h1-10H. The van der Waals surface area contributed by atoms with Gasteiger partial charge in [0.2, 0.25) is 0 Å². The second-order valence-corrected chi connectivity index (χ2v) is 5.13. The number of hydrogen-bond acceptors (Lipinski definition) is 2. The van der Waals surface area contributed by atoms with Gasteiger partial charge < -0.3 is 4.42 Å². The molecule has 0 amide bonds. The van der Waals surface area contributed by atoms with Crippen LogP contribution in [0.25, 0.3) is 11.0 Å². The molecule has 1 aromatic heterocycles. The quantitative estimate of drug-likeness (QED) is 0.687. The van der Waals surface area contributed by atoms with Gasteiger partial charge in [0.15, 0.2) is 0 Å². The lowest BCUT2D eigenvalue weighted by Crippen LogP contribution is -1.90. The molecule has 0 fully saturated rings. The Hall–Kier alpha value is -1.87. The Bertz CT molecular complexity index is 671. The van der Waals surface area contributed by atoms with Gasteiger partial charge in [-0.05, 0) is 24.3 Å². The molecule has 0 saturated heterocycles. The Morgan fingerprint density at radius 1 is 0.882 bits per heavy atom. The first-order valence-electron chi connectivity index (χ1n) is 5.29. The van der Waals surface area contributed by atoms with Crippen LogP contribution in [0.4, 0.5) is 0 Å². The number of para-hydroxylation sites is 1. The third-order valence-corrected chi connectivity index (χ3v) is 4.02. The third-order valence-electron chi connectivity index (χ3n) is 2.60. The van der Waals surface area contributed by atoms with E-state index < -0.39 is 10.8 Å². The summed E-state index contributed by atoms with van der Waals surface area (Å²) < 4.78 is 17.8. The van der Waals surface area contributed by atoms with E-state index in [1.165, 1.54) is 0 Å². The van der Waals surface area contributed by atoms with Gasteiger partial charge in [-0.15, -0.1) is 0 Å². The molecular formula is C14H10O2S. The highest BCUT2D eigenvalue weighted by molar-refractivity contribution is 7.85. The Kier molecular flexibility index (Phi) is 2.53. The molecule has 0 saturated carbocycles. The van der Waals surface area contributed by atoms with Gasteiger partial charge in [0, 0.05) is 10.3 Å². The van der Waals surface area contributed by atoms with Crippen LogP contribution in [-0.2, 0) is 10.8 Å². The lowest BCUT2D eigenvalue weighted by Gasteiger charge is -1.98. The molecule has 84 valence electrons. The fourth-order valence-electron chi connectivity index (χ4n) is 1.77. The SMILES string of the molecule is O=S(c1ccccc1)c1coc2ccccc12. The largest absolute Gasteiger partial charge is 0.463 e. The third kappa shape index (κ3) is 1.78. The molecular weight excluding hydrogens is 232 g/mol. The number of benzene rings is 2. The van der Waals surface area contributed by atoms with E-state index in [1.807, 2.05) is 54.6 Å². The fourth-order valence-corrected chi connectivity index (χ4v) is 2.93. The zero-order chi connectivity index (χ0) is 11.7. The first-order chi connectivity index (χ1) is 8.36. The number of fused-ring (bicyclic) bond motifs is 1. The summed E-state index contributed by atoms with van der Waals surface area (Å²) in [7, 11) is -1.18. The van der Waals surface area contributed by atoms with Crippen molar-refractivity contribution < 1.29 is 8.63 Å². The minimum atomic E-state index is -1.18. The minimum absolute atomic E-state index is 0.729. The van der Waals surface area contributed by atoms with Crippen LogP contribution in [0, 0.1) is 0 Å². The summed E-state index contributed by atoms with van der Waals surface area (Å²) in [5.74, 6) is 0. The first-order valence-corrected chi connectivity index (χ1v) is 6.44. The highest BCUT2D eigenvalue weighted by Gasteiger charge is 2.13. The van der Waals surface area contributed by atoms with Crippen molar-refractivity contribution in [3.63, 3.8) is 0 Å². The van der Waals surface area contributed by atoms with Crippen molar-refractivity contribution in [2.75, 3.05) is 0 Å². The van der Waals surface area contributed by atoms with Gasteiger partial charge in [0.05, 0.1) is 15.7 Å². The molecule has 0 radical (unpaired) electrons. The molecule has 2 nitrogen and oxygen atoms in total. The van der Waals surface area contributed by atoms with Crippen molar-refractivity contribution >= 4 is 21.8 Å². The molecule has 3 heteroatoms. The molecule has 0 bridgehead atoms. The first kappa shape index (κ1) is 10.3. The van der Waals surface area contributed by atoms with Gasteiger partial charge in [0.25, 0.3) is 0 Å². The summed E-state index contributed by atoms with van der Waals surface area (Å²) in [6.07, 6.45) is 1.58. The lowest BCUT2D eigenvalue weighted by molar-refractivity contribution is 0.605. The van der Waals surface area contributed by atoms with E-state index in [4.69, 9.17) is 4.42 Å². The maximum absolute atomic E-state index is 12.4. The molecule has 3 rings (SSSR count). The predicted octanol–water partition coefficient (Wildman–Crippen LogP) is 3.60. The molecule has 3 aromatic rings. The molecule has 1 atom stereocenters. The highest BCUT2D eigenvalue weighted by Crippen LogP contribution is 2.26. The summed E-state index contributed by atoms with van der Waals surface area (Å²) in [4.78, 5) is 1.52. The second-order valence-electron chi connectivity index (χ2n) is 3.68. The van der Waals surface area contributed by atoms with Gasteiger partial charge in [-0.1, -0.05) is 30.3 Å². The molecule has 1 heterocycles. The van der Waals surface area contributed by atoms with Crippen molar-refractivity contribution in [1.29, 1.82) is 0 Å². The maximum atomic E-state index is 12.4. The highest BCUT2D eigenvalue weighted by atomic mass is 32.2. The van der Waals surface area contributed by atoms with Crippen LogP contribution >= 0.6 is 0 Å². The molecule has 17 heavy (non-hydrogen) atoms. The van der Waals surface area contributed by atoms with E-state index in [0.717, 1.165) is 20.8 Å². The maximum Gasteiger partial charge on any atom is 0.135 e. The zero-order valence-corrected chi connectivity index (χ0v) is 9.81. The summed E-state index contributed by atoms with van der Waals surface area (Å²) in [6, 6.07) is 17.0. The number of furan rings is 1. The van der Waals surface area contributed by atoms with Gasteiger partial charge in [-0.3, -0.25) is 0 Å². The molecule has 0 aliphatic heterocycles. The number of hydrogen-bond donors (Lipinski definition) is 0. The molecule has 0 aliphatic rings.